The molecule has 0 spiro atoms. The summed E-state index contributed by atoms with van der Waals surface area (Å²) in [7, 11) is 0. The van der Waals surface area contributed by atoms with Gasteiger partial charge in [-0.3, -0.25) is 4.79 Å². The molecule has 0 saturated carbocycles. The molecule has 1 radical (unpaired) electrons. The van der Waals surface area contributed by atoms with Crippen molar-refractivity contribution in [1.82, 2.24) is 0 Å². The van der Waals surface area contributed by atoms with Gasteiger partial charge in [-0.1, -0.05) is 48.5 Å². The average Bonchev–Trinajstić information content (AvgIpc) is 2.40. The van der Waals surface area contributed by atoms with E-state index in [0.717, 1.165) is 5.69 Å². The molecule has 0 saturated heterocycles. The van der Waals surface area contributed by atoms with E-state index in [1.165, 1.54) is 0 Å². The van der Waals surface area contributed by atoms with Gasteiger partial charge in [0.05, 0.1) is 0 Å². The molecule has 0 aliphatic heterocycles. The maximum Gasteiger partial charge on any atom is 0.190 e. The zero-order valence-corrected chi connectivity index (χ0v) is 9.68. The fourth-order valence-electron chi connectivity index (χ4n) is 1.60. The molecule has 0 unspecified atom stereocenters. The van der Waals surface area contributed by atoms with Crippen molar-refractivity contribution in [3.8, 4) is 0 Å². The zero-order valence-electron chi connectivity index (χ0n) is 9.68. The number of hydrogen-bond acceptors (Lipinski definition) is 2. The third-order valence-electron chi connectivity index (χ3n) is 2.48. The third-order valence-corrected chi connectivity index (χ3v) is 2.48. The van der Waals surface area contributed by atoms with Crippen molar-refractivity contribution in [2.24, 2.45) is 0 Å². The lowest BCUT2D eigenvalue weighted by molar-refractivity contribution is 0.101. The second kappa shape index (κ2) is 5.30. The Kier molecular flexibility index (Phi) is 3.55. The molecule has 2 aromatic carbocycles. The maximum absolute atomic E-state index is 12.0. The van der Waals surface area contributed by atoms with Gasteiger partial charge < -0.3 is 5.32 Å². The number of anilines is 1. The number of hydrogen-bond donors (Lipinski definition) is 1. The van der Waals surface area contributed by atoms with E-state index >= 15 is 0 Å². The third kappa shape index (κ3) is 2.94. The minimum Gasteiger partial charge on any atom is -0.370 e. The van der Waals surface area contributed by atoms with Crippen molar-refractivity contribution in [3.63, 3.8) is 0 Å². The van der Waals surface area contributed by atoms with Crippen LogP contribution in [0.15, 0.2) is 60.7 Å². The van der Waals surface area contributed by atoms with Crippen molar-refractivity contribution in [2.45, 2.75) is 6.92 Å². The number of carbonyl (C=O) groups excluding carboxylic acids is 1. The number of ketones is 1. The Balaban J connectivity index is 2.06. The Morgan fingerprint density at radius 1 is 0.882 bits per heavy atom. The number of rotatable bonds is 4. The molecular formula is C15H14NO. The molecule has 17 heavy (non-hydrogen) atoms. The van der Waals surface area contributed by atoms with Gasteiger partial charge >= 0.3 is 0 Å². The second-order valence-electron chi connectivity index (χ2n) is 3.81. The number of carbonyl (C=O) groups is 1. The summed E-state index contributed by atoms with van der Waals surface area (Å²) < 4.78 is 0. The first kappa shape index (κ1) is 11.4. The van der Waals surface area contributed by atoms with Crippen LogP contribution in [0.3, 0.4) is 0 Å². The van der Waals surface area contributed by atoms with Gasteiger partial charge in [-0.05, 0) is 19.1 Å². The van der Waals surface area contributed by atoms with Gasteiger partial charge in [0.2, 0.25) is 0 Å². The van der Waals surface area contributed by atoms with E-state index < -0.39 is 0 Å². The van der Waals surface area contributed by atoms with Crippen LogP contribution >= 0.6 is 0 Å². The molecule has 2 aromatic rings. The van der Waals surface area contributed by atoms with Crippen LogP contribution in [0.25, 0.3) is 0 Å². The molecule has 2 nitrogen and oxygen atoms in total. The molecule has 2 heteroatoms. The highest BCUT2D eigenvalue weighted by atomic mass is 16.1. The van der Waals surface area contributed by atoms with Crippen molar-refractivity contribution in [2.75, 3.05) is 5.32 Å². The highest BCUT2D eigenvalue weighted by molar-refractivity contribution is 6.07. The van der Waals surface area contributed by atoms with Gasteiger partial charge in [-0.2, -0.15) is 0 Å². The lowest BCUT2D eigenvalue weighted by Gasteiger charge is -2.12. The average molecular weight is 224 g/mol. The summed E-state index contributed by atoms with van der Waals surface area (Å²) >= 11 is 0. The predicted octanol–water partition coefficient (Wildman–Crippen LogP) is 3.53. The number of nitrogens with one attached hydrogen (secondary N) is 1. The fraction of sp³-hybridized carbons (Fsp3) is 0.0667. The number of benzene rings is 2. The predicted molar refractivity (Wildman–Crippen MR) is 69.8 cm³/mol. The van der Waals surface area contributed by atoms with Crippen LogP contribution in [0.1, 0.15) is 17.3 Å². The summed E-state index contributed by atoms with van der Waals surface area (Å²) in [6.07, 6.45) is 0. The van der Waals surface area contributed by atoms with E-state index in [1.54, 1.807) is 6.92 Å². The molecular weight excluding hydrogens is 210 g/mol. The molecule has 85 valence electrons. The first-order valence-corrected chi connectivity index (χ1v) is 5.53. The normalized spacial score (nSPS) is 10.2. The summed E-state index contributed by atoms with van der Waals surface area (Å²) in [5.41, 5.74) is 1.63. The van der Waals surface area contributed by atoms with Crippen LogP contribution < -0.4 is 5.32 Å². The highest BCUT2D eigenvalue weighted by Crippen LogP contribution is 2.14. The molecule has 2 rings (SSSR count). The minimum atomic E-state index is 0.0226. The van der Waals surface area contributed by atoms with Crippen LogP contribution in [-0.4, -0.2) is 5.78 Å². The standard InChI is InChI=1S/C15H14NO/c1-12(16-14-10-6-3-7-11-14)15(17)13-8-4-2-5-9-13/h2-11,16H,1H3. The van der Waals surface area contributed by atoms with E-state index in [9.17, 15) is 4.79 Å². The van der Waals surface area contributed by atoms with E-state index in [-0.39, 0.29) is 5.78 Å². The lowest BCUT2D eigenvalue weighted by atomic mass is 10.1. The molecule has 0 heterocycles. The summed E-state index contributed by atoms with van der Waals surface area (Å²) in [4.78, 5) is 12.0. The van der Waals surface area contributed by atoms with E-state index in [2.05, 4.69) is 5.32 Å². The number of para-hydroxylation sites is 1. The van der Waals surface area contributed by atoms with Crippen molar-refractivity contribution in [1.29, 1.82) is 0 Å². The maximum atomic E-state index is 12.0. The first-order valence-electron chi connectivity index (χ1n) is 5.53. The molecule has 0 aliphatic carbocycles. The van der Waals surface area contributed by atoms with Crippen molar-refractivity contribution >= 4 is 11.5 Å². The van der Waals surface area contributed by atoms with E-state index in [1.807, 2.05) is 60.7 Å². The fourth-order valence-corrected chi connectivity index (χ4v) is 1.60. The Morgan fingerprint density at radius 3 is 2.00 bits per heavy atom. The van der Waals surface area contributed by atoms with Gasteiger partial charge in [0, 0.05) is 11.3 Å². The Bertz CT molecular complexity index is 479. The minimum absolute atomic E-state index is 0.0226. The molecule has 0 aliphatic rings. The quantitative estimate of drug-likeness (QED) is 0.805. The molecule has 0 amide bonds. The summed E-state index contributed by atoms with van der Waals surface area (Å²) in [6, 6.07) is 19.6. The van der Waals surface area contributed by atoms with Crippen molar-refractivity contribution < 1.29 is 4.79 Å². The molecule has 0 aromatic heterocycles. The largest absolute Gasteiger partial charge is 0.370 e. The molecule has 0 fully saturated rings. The smallest absolute Gasteiger partial charge is 0.190 e. The van der Waals surface area contributed by atoms with Crippen LogP contribution in [0.5, 0.6) is 0 Å². The van der Waals surface area contributed by atoms with Crippen LogP contribution in [0, 0.1) is 6.04 Å². The summed E-state index contributed by atoms with van der Waals surface area (Å²) in [5.74, 6) is 0.0226. The number of Topliss-reactive ketones (excluding diaryl/α,β-unsaturated/α-hetero) is 1. The summed E-state index contributed by atoms with van der Waals surface area (Å²) in [5, 5.41) is 3.11. The van der Waals surface area contributed by atoms with Gasteiger partial charge in [0.1, 0.15) is 6.04 Å². The van der Waals surface area contributed by atoms with Gasteiger partial charge in [0.15, 0.2) is 5.78 Å². The van der Waals surface area contributed by atoms with E-state index in [0.29, 0.717) is 11.6 Å². The van der Waals surface area contributed by atoms with Gasteiger partial charge in [-0.25, -0.2) is 0 Å². The summed E-state index contributed by atoms with van der Waals surface area (Å²) in [6.45, 7) is 1.79. The highest BCUT2D eigenvalue weighted by Gasteiger charge is 2.15. The zero-order chi connectivity index (χ0) is 12.1. The Hall–Kier alpha value is -2.09. The van der Waals surface area contributed by atoms with Crippen LogP contribution in [0.4, 0.5) is 5.69 Å². The van der Waals surface area contributed by atoms with Crippen LogP contribution in [0.2, 0.25) is 0 Å². The first-order chi connectivity index (χ1) is 8.27. The van der Waals surface area contributed by atoms with Gasteiger partial charge in [-0.15, -0.1) is 0 Å². The van der Waals surface area contributed by atoms with E-state index in [4.69, 9.17) is 0 Å². The Morgan fingerprint density at radius 2 is 1.41 bits per heavy atom. The molecule has 0 atom stereocenters. The molecule has 0 bridgehead atoms. The topological polar surface area (TPSA) is 29.1 Å². The molecule has 1 N–H and O–H groups in total. The SMILES string of the molecule is C[C](Nc1ccccc1)C(=O)c1ccccc1. The monoisotopic (exact) mass is 224 g/mol. The van der Waals surface area contributed by atoms with Crippen LogP contribution in [-0.2, 0) is 0 Å². The second-order valence-corrected chi connectivity index (χ2v) is 3.81. The Labute approximate surface area is 101 Å². The van der Waals surface area contributed by atoms with Gasteiger partial charge in [0.25, 0.3) is 0 Å². The van der Waals surface area contributed by atoms with Crippen molar-refractivity contribution in [3.05, 3.63) is 72.3 Å². The lowest BCUT2D eigenvalue weighted by Crippen LogP contribution is -2.17.